The highest BCUT2D eigenvalue weighted by atomic mass is 19.1. The number of aromatic nitrogens is 6. The molecule has 11 heteroatoms. The Labute approximate surface area is 254 Å². The van der Waals surface area contributed by atoms with E-state index in [0.29, 0.717) is 52.5 Å². The first kappa shape index (κ1) is 28.9. The number of hydrogen-bond acceptors (Lipinski definition) is 7. The summed E-state index contributed by atoms with van der Waals surface area (Å²) in [6, 6.07) is 14.4. The normalized spacial score (nSPS) is 11.6. The molecule has 224 valence electrons. The molecule has 0 aliphatic carbocycles. The lowest BCUT2D eigenvalue weighted by molar-refractivity contribution is -0.116. The summed E-state index contributed by atoms with van der Waals surface area (Å²) < 4.78 is 14.7. The SMILES string of the molecule is CC(C)CC(=O)Nc1cncc(-c2ccc3[nH]nc(-c4cc5c(-c6cc(F)cc(NCCN(C)C)c6)nccc5[nH]4)c3n2)c1. The fraction of sp³-hybridized carbons (Fsp3) is 0.242. The smallest absolute Gasteiger partial charge is 0.224 e. The van der Waals surface area contributed by atoms with E-state index >= 15 is 0 Å². The largest absolute Gasteiger partial charge is 0.384 e. The molecule has 0 radical (unpaired) electrons. The number of carbonyl (C=O) groups is 1. The van der Waals surface area contributed by atoms with Crippen molar-refractivity contribution in [3.63, 3.8) is 0 Å². The summed E-state index contributed by atoms with van der Waals surface area (Å²) in [5.41, 5.74) is 7.80. The highest BCUT2D eigenvalue weighted by Crippen LogP contribution is 2.34. The number of hydrogen-bond donors (Lipinski definition) is 4. The maximum absolute atomic E-state index is 14.7. The topological polar surface area (TPSA) is 128 Å². The van der Waals surface area contributed by atoms with Crippen LogP contribution in [0.15, 0.2) is 67.1 Å². The van der Waals surface area contributed by atoms with E-state index in [0.717, 1.165) is 34.2 Å². The van der Waals surface area contributed by atoms with E-state index in [1.807, 2.05) is 64.3 Å². The summed E-state index contributed by atoms with van der Waals surface area (Å²) in [4.78, 5) is 31.7. The Balaban J connectivity index is 1.33. The number of H-pyrrole nitrogens is 2. The van der Waals surface area contributed by atoms with Gasteiger partial charge in [-0.25, -0.2) is 9.37 Å². The van der Waals surface area contributed by atoms with Gasteiger partial charge in [0.1, 0.15) is 17.0 Å². The number of nitrogens with zero attached hydrogens (tertiary/aromatic N) is 5. The lowest BCUT2D eigenvalue weighted by Crippen LogP contribution is -2.20. The second kappa shape index (κ2) is 12.2. The monoisotopic (exact) mass is 591 g/mol. The maximum Gasteiger partial charge on any atom is 0.224 e. The van der Waals surface area contributed by atoms with Crippen LogP contribution < -0.4 is 10.6 Å². The Kier molecular flexibility index (Phi) is 8.03. The van der Waals surface area contributed by atoms with Crippen LogP contribution in [0.5, 0.6) is 0 Å². The van der Waals surface area contributed by atoms with E-state index in [4.69, 9.17) is 4.98 Å². The van der Waals surface area contributed by atoms with Gasteiger partial charge in [0.15, 0.2) is 0 Å². The quantitative estimate of drug-likeness (QED) is 0.147. The van der Waals surface area contributed by atoms with Crippen LogP contribution in [-0.4, -0.2) is 68.1 Å². The number of nitrogens with one attached hydrogen (secondary N) is 4. The molecular weight excluding hydrogens is 557 g/mol. The molecule has 5 heterocycles. The molecule has 0 saturated carbocycles. The predicted octanol–water partition coefficient (Wildman–Crippen LogP) is 6.33. The zero-order valence-electron chi connectivity index (χ0n) is 25.1. The lowest BCUT2D eigenvalue weighted by Gasteiger charge is -2.12. The van der Waals surface area contributed by atoms with E-state index < -0.39 is 0 Å². The maximum atomic E-state index is 14.7. The predicted molar refractivity (Wildman–Crippen MR) is 173 cm³/mol. The number of rotatable bonds is 10. The number of carbonyl (C=O) groups excluding carboxylic acids is 1. The molecule has 4 N–H and O–H groups in total. The number of aromatic amines is 2. The number of amides is 1. The zero-order chi connectivity index (χ0) is 30.8. The zero-order valence-corrected chi connectivity index (χ0v) is 25.1. The Morgan fingerprint density at radius 1 is 0.977 bits per heavy atom. The molecule has 1 aromatic carbocycles. The van der Waals surface area contributed by atoms with Crippen molar-refractivity contribution in [1.29, 1.82) is 0 Å². The molecule has 5 aromatic heterocycles. The molecule has 1 amide bonds. The van der Waals surface area contributed by atoms with Crippen molar-refractivity contribution in [2.75, 3.05) is 37.8 Å². The summed E-state index contributed by atoms with van der Waals surface area (Å²) in [6.45, 7) is 5.52. The van der Waals surface area contributed by atoms with E-state index in [1.165, 1.54) is 12.1 Å². The summed E-state index contributed by atoms with van der Waals surface area (Å²) in [5, 5.41) is 14.7. The number of anilines is 2. The highest BCUT2D eigenvalue weighted by molar-refractivity contribution is 5.99. The number of likely N-dealkylation sites (N-methyl/N-ethyl adjacent to an activating group) is 1. The van der Waals surface area contributed by atoms with Gasteiger partial charge >= 0.3 is 0 Å². The van der Waals surface area contributed by atoms with Crippen LogP contribution >= 0.6 is 0 Å². The van der Waals surface area contributed by atoms with Crippen molar-refractivity contribution in [3.8, 4) is 33.9 Å². The number of pyridine rings is 3. The van der Waals surface area contributed by atoms with Crippen molar-refractivity contribution in [2.24, 2.45) is 5.92 Å². The molecule has 0 saturated heterocycles. The van der Waals surface area contributed by atoms with Gasteiger partial charge in [-0.05, 0) is 68.5 Å². The molecular formula is C33H34FN9O. The van der Waals surface area contributed by atoms with Crippen LogP contribution in [0.4, 0.5) is 15.8 Å². The molecule has 44 heavy (non-hydrogen) atoms. The minimum Gasteiger partial charge on any atom is -0.384 e. The van der Waals surface area contributed by atoms with Crippen molar-refractivity contribution in [2.45, 2.75) is 20.3 Å². The Morgan fingerprint density at radius 2 is 1.82 bits per heavy atom. The first-order valence-corrected chi connectivity index (χ1v) is 14.5. The standard InChI is InChI=1S/C33H34FN9O/c1-19(2)11-30(44)38-24-14-21(17-35-18-24)26-5-6-28-32(40-26)33(42-41-28)29-16-25-27(39-29)7-8-37-31(25)20-12-22(34)15-23(13-20)36-9-10-43(3)4/h5-8,12-19,36,39H,9-11H2,1-4H3,(H,38,44)(H,41,42). The molecule has 6 aromatic rings. The van der Waals surface area contributed by atoms with Crippen LogP contribution in [-0.2, 0) is 4.79 Å². The molecule has 6 rings (SSSR count). The minimum atomic E-state index is -0.336. The van der Waals surface area contributed by atoms with Crippen LogP contribution in [0.1, 0.15) is 20.3 Å². The van der Waals surface area contributed by atoms with E-state index in [1.54, 1.807) is 18.6 Å². The van der Waals surface area contributed by atoms with Gasteiger partial charge in [0.2, 0.25) is 5.91 Å². The van der Waals surface area contributed by atoms with E-state index in [2.05, 4.69) is 40.7 Å². The summed E-state index contributed by atoms with van der Waals surface area (Å²) in [7, 11) is 3.99. The van der Waals surface area contributed by atoms with Crippen LogP contribution in [0, 0.1) is 11.7 Å². The van der Waals surface area contributed by atoms with Crippen molar-refractivity contribution >= 4 is 39.2 Å². The summed E-state index contributed by atoms with van der Waals surface area (Å²) in [5.74, 6) is -0.132. The average Bonchev–Trinajstić information content (AvgIpc) is 3.60. The molecule has 10 nitrogen and oxygen atoms in total. The molecule has 0 unspecified atom stereocenters. The summed E-state index contributed by atoms with van der Waals surface area (Å²) >= 11 is 0. The third kappa shape index (κ3) is 6.28. The molecule has 0 aliphatic rings. The highest BCUT2D eigenvalue weighted by Gasteiger charge is 2.17. The van der Waals surface area contributed by atoms with Gasteiger partial charge in [-0.2, -0.15) is 5.10 Å². The van der Waals surface area contributed by atoms with Crippen molar-refractivity contribution < 1.29 is 9.18 Å². The molecule has 0 atom stereocenters. The molecule has 0 bridgehead atoms. The van der Waals surface area contributed by atoms with Gasteiger partial charge in [0, 0.05) is 59.6 Å². The van der Waals surface area contributed by atoms with Crippen LogP contribution in [0.3, 0.4) is 0 Å². The first-order chi connectivity index (χ1) is 21.2. The van der Waals surface area contributed by atoms with E-state index in [-0.39, 0.29) is 17.6 Å². The van der Waals surface area contributed by atoms with Gasteiger partial charge in [-0.15, -0.1) is 0 Å². The Bertz CT molecular complexity index is 1960. The summed E-state index contributed by atoms with van der Waals surface area (Å²) in [6.07, 6.45) is 5.49. The van der Waals surface area contributed by atoms with E-state index in [9.17, 15) is 9.18 Å². The van der Waals surface area contributed by atoms with Crippen LogP contribution in [0.25, 0.3) is 55.8 Å². The second-order valence-electron chi connectivity index (χ2n) is 11.5. The first-order valence-electron chi connectivity index (χ1n) is 14.5. The van der Waals surface area contributed by atoms with Gasteiger partial charge in [0.05, 0.1) is 34.5 Å². The van der Waals surface area contributed by atoms with Crippen molar-refractivity contribution in [3.05, 3.63) is 72.9 Å². The van der Waals surface area contributed by atoms with Gasteiger partial charge in [0.25, 0.3) is 0 Å². The Hall–Kier alpha value is -5.16. The minimum absolute atomic E-state index is 0.0535. The molecule has 0 spiro atoms. The number of fused-ring (bicyclic) bond motifs is 2. The van der Waals surface area contributed by atoms with Crippen LogP contribution in [0.2, 0.25) is 0 Å². The fourth-order valence-corrected chi connectivity index (χ4v) is 5.14. The van der Waals surface area contributed by atoms with Gasteiger partial charge in [-0.1, -0.05) is 13.8 Å². The number of benzene rings is 1. The molecule has 0 aliphatic heterocycles. The fourth-order valence-electron chi connectivity index (χ4n) is 5.14. The lowest BCUT2D eigenvalue weighted by atomic mass is 10.1. The number of halogens is 1. The van der Waals surface area contributed by atoms with Gasteiger partial charge < -0.3 is 20.5 Å². The van der Waals surface area contributed by atoms with Gasteiger partial charge in [-0.3, -0.25) is 19.9 Å². The molecule has 0 fully saturated rings. The average molecular weight is 592 g/mol. The Morgan fingerprint density at radius 3 is 2.64 bits per heavy atom. The second-order valence-corrected chi connectivity index (χ2v) is 11.5. The third-order valence-electron chi connectivity index (χ3n) is 7.18. The van der Waals surface area contributed by atoms with Crippen molar-refractivity contribution in [1.82, 2.24) is 35.0 Å². The third-order valence-corrected chi connectivity index (χ3v) is 7.18.